The van der Waals surface area contributed by atoms with Crippen LogP contribution in [-0.2, 0) is 0 Å². The Morgan fingerprint density at radius 3 is 2.56 bits per heavy atom. The molecule has 0 radical (unpaired) electrons. The summed E-state index contributed by atoms with van der Waals surface area (Å²) in [6.07, 6.45) is 6.66. The SMILES string of the molecule is CC(C)CCNc1nncc(Nc2ccc(N3CCCCC3)cc2)n1. The normalized spacial score (nSPS) is 14.6. The number of piperidine rings is 1. The molecule has 0 bridgehead atoms. The van der Waals surface area contributed by atoms with Gasteiger partial charge in [-0.2, -0.15) is 10.1 Å². The van der Waals surface area contributed by atoms with Crippen LogP contribution in [-0.4, -0.2) is 34.8 Å². The molecule has 3 rings (SSSR count). The number of benzene rings is 1. The second-order valence-electron chi connectivity index (χ2n) is 6.99. The van der Waals surface area contributed by atoms with E-state index in [9.17, 15) is 0 Å². The van der Waals surface area contributed by atoms with Gasteiger partial charge in [-0.15, -0.1) is 5.10 Å². The number of nitrogens with zero attached hydrogens (tertiary/aromatic N) is 4. The summed E-state index contributed by atoms with van der Waals surface area (Å²) in [4.78, 5) is 6.93. The highest BCUT2D eigenvalue weighted by Crippen LogP contribution is 2.23. The first-order valence-corrected chi connectivity index (χ1v) is 9.26. The van der Waals surface area contributed by atoms with Gasteiger partial charge in [0.15, 0.2) is 5.82 Å². The standard InChI is InChI=1S/C19H28N6/c1-15(2)10-11-20-19-23-18(14-21-24-19)22-16-6-8-17(9-7-16)25-12-4-3-5-13-25/h6-9,14-15H,3-5,10-13H2,1-2H3,(H2,20,22,23,24). The van der Waals surface area contributed by atoms with Crippen LogP contribution in [0.15, 0.2) is 30.5 Å². The maximum Gasteiger partial charge on any atom is 0.244 e. The van der Waals surface area contributed by atoms with Crippen LogP contribution in [0.1, 0.15) is 39.5 Å². The number of hydrogen-bond acceptors (Lipinski definition) is 6. The van der Waals surface area contributed by atoms with Crippen molar-refractivity contribution >= 4 is 23.1 Å². The van der Waals surface area contributed by atoms with Crippen LogP contribution in [0.2, 0.25) is 0 Å². The van der Waals surface area contributed by atoms with Gasteiger partial charge in [0.05, 0.1) is 6.20 Å². The van der Waals surface area contributed by atoms with Gasteiger partial charge >= 0.3 is 0 Å². The van der Waals surface area contributed by atoms with Crippen molar-refractivity contribution in [3.8, 4) is 0 Å². The summed E-state index contributed by atoms with van der Waals surface area (Å²) in [5.41, 5.74) is 2.30. The van der Waals surface area contributed by atoms with E-state index < -0.39 is 0 Å². The van der Waals surface area contributed by atoms with Crippen LogP contribution in [0, 0.1) is 5.92 Å². The fourth-order valence-electron chi connectivity index (χ4n) is 2.97. The minimum absolute atomic E-state index is 0.565. The van der Waals surface area contributed by atoms with Crippen LogP contribution >= 0.6 is 0 Å². The first-order valence-electron chi connectivity index (χ1n) is 9.26. The molecule has 1 aromatic carbocycles. The second-order valence-corrected chi connectivity index (χ2v) is 6.99. The van der Waals surface area contributed by atoms with Crippen molar-refractivity contribution in [1.82, 2.24) is 15.2 Å². The molecule has 0 atom stereocenters. The van der Waals surface area contributed by atoms with Gasteiger partial charge in [0, 0.05) is 31.0 Å². The van der Waals surface area contributed by atoms with E-state index in [4.69, 9.17) is 0 Å². The Morgan fingerprint density at radius 1 is 1.08 bits per heavy atom. The average Bonchev–Trinajstić information content (AvgIpc) is 2.63. The Morgan fingerprint density at radius 2 is 1.84 bits per heavy atom. The zero-order valence-electron chi connectivity index (χ0n) is 15.2. The summed E-state index contributed by atoms with van der Waals surface area (Å²) in [7, 11) is 0. The summed E-state index contributed by atoms with van der Waals surface area (Å²) in [5.74, 6) is 1.92. The van der Waals surface area contributed by atoms with E-state index in [0.717, 1.165) is 31.7 Å². The van der Waals surface area contributed by atoms with Crippen molar-refractivity contribution in [1.29, 1.82) is 0 Å². The molecule has 0 spiro atoms. The number of rotatable bonds is 7. The molecule has 1 aromatic heterocycles. The van der Waals surface area contributed by atoms with E-state index in [0.29, 0.717) is 17.7 Å². The highest BCUT2D eigenvalue weighted by molar-refractivity contribution is 5.60. The van der Waals surface area contributed by atoms with E-state index >= 15 is 0 Å². The van der Waals surface area contributed by atoms with E-state index in [1.165, 1.54) is 24.9 Å². The van der Waals surface area contributed by atoms with Crippen LogP contribution in [0.25, 0.3) is 0 Å². The van der Waals surface area contributed by atoms with E-state index in [1.807, 2.05) is 0 Å². The third-order valence-corrected chi connectivity index (χ3v) is 4.42. The molecule has 1 aliphatic rings. The summed E-state index contributed by atoms with van der Waals surface area (Å²) < 4.78 is 0. The third kappa shape index (κ3) is 5.31. The van der Waals surface area contributed by atoms with Crippen LogP contribution in [0.3, 0.4) is 0 Å². The molecule has 0 aliphatic carbocycles. The zero-order valence-corrected chi connectivity index (χ0v) is 15.2. The molecule has 0 unspecified atom stereocenters. The Labute approximate surface area is 150 Å². The minimum Gasteiger partial charge on any atom is -0.372 e. The smallest absolute Gasteiger partial charge is 0.244 e. The van der Waals surface area contributed by atoms with Gasteiger partial charge in [0.25, 0.3) is 0 Å². The maximum atomic E-state index is 4.47. The fraction of sp³-hybridized carbons (Fsp3) is 0.526. The Kier molecular flexibility index (Phi) is 6.04. The van der Waals surface area contributed by atoms with Crippen LogP contribution in [0.5, 0.6) is 0 Å². The predicted octanol–water partition coefficient (Wildman–Crippen LogP) is 4.06. The molecular weight excluding hydrogens is 312 g/mol. The van der Waals surface area contributed by atoms with Gasteiger partial charge in [0.2, 0.25) is 5.95 Å². The monoisotopic (exact) mass is 340 g/mol. The van der Waals surface area contributed by atoms with Gasteiger partial charge in [0.1, 0.15) is 0 Å². The molecule has 1 fully saturated rings. The summed E-state index contributed by atoms with van der Waals surface area (Å²) >= 11 is 0. The molecule has 0 saturated carbocycles. The van der Waals surface area contributed by atoms with Gasteiger partial charge in [-0.25, -0.2) is 0 Å². The van der Waals surface area contributed by atoms with Crippen molar-refractivity contribution in [2.24, 2.45) is 5.92 Å². The lowest BCUT2D eigenvalue weighted by molar-refractivity contribution is 0.578. The molecule has 6 nitrogen and oxygen atoms in total. The van der Waals surface area contributed by atoms with Crippen molar-refractivity contribution in [3.63, 3.8) is 0 Å². The average molecular weight is 340 g/mol. The summed E-state index contributed by atoms with van der Waals surface area (Å²) in [6, 6.07) is 8.53. The Hall–Kier alpha value is -2.37. The fourth-order valence-corrected chi connectivity index (χ4v) is 2.97. The molecule has 134 valence electrons. The Balaban J connectivity index is 1.58. The molecule has 1 saturated heterocycles. The first-order chi connectivity index (χ1) is 12.2. The minimum atomic E-state index is 0.565. The number of aromatic nitrogens is 3. The Bertz CT molecular complexity index is 649. The van der Waals surface area contributed by atoms with Gasteiger partial charge in [-0.05, 0) is 55.9 Å². The molecule has 0 amide bonds. The second kappa shape index (κ2) is 8.65. The lowest BCUT2D eigenvalue weighted by Gasteiger charge is -2.28. The van der Waals surface area contributed by atoms with E-state index in [-0.39, 0.29) is 0 Å². The van der Waals surface area contributed by atoms with E-state index in [2.05, 4.69) is 68.8 Å². The predicted molar refractivity (Wildman–Crippen MR) is 104 cm³/mol. The molecule has 2 heterocycles. The van der Waals surface area contributed by atoms with E-state index in [1.54, 1.807) is 6.20 Å². The molecule has 2 aromatic rings. The summed E-state index contributed by atoms with van der Waals surface area (Å²) in [5, 5.41) is 14.6. The number of anilines is 4. The zero-order chi connectivity index (χ0) is 17.5. The lowest BCUT2D eigenvalue weighted by atomic mass is 10.1. The van der Waals surface area contributed by atoms with Crippen molar-refractivity contribution in [3.05, 3.63) is 30.5 Å². The number of nitrogens with one attached hydrogen (secondary N) is 2. The van der Waals surface area contributed by atoms with Gasteiger partial charge < -0.3 is 15.5 Å². The highest BCUT2D eigenvalue weighted by Gasteiger charge is 2.10. The quantitative estimate of drug-likeness (QED) is 0.792. The largest absolute Gasteiger partial charge is 0.372 e. The highest BCUT2D eigenvalue weighted by atomic mass is 15.3. The molecule has 6 heteroatoms. The first kappa shape index (κ1) is 17.5. The molecular formula is C19H28N6. The van der Waals surface area contributed by atoms with Gasteiger partial charge in [-0.1, -0.05) is 13.8 Å². The van der Waals surface area contributed by atoms with Crippen molar-refractivity contribution in [2.75, 3.05) is 35.2 Å². The van der Waals surface area contributed by atoms with Crippen molar-refractivity contribution in [2.45, 2.75) is 39.5 Å². The summed E-state index contributed by atoms with van der Waals surface area (Å²) in [6.45, 7) is 7.58. The lowest BCUT2D eigenvalue weighted by Crippen LogP contribution is -2.29. The van der Waals surface area contributed by atoms with Crippen LogP contribution < -0.4 is 15.5 Å². The van der Waals surface area contributed by atoms with Crippen LogP contribution in [0.4, 0.5) is 23.1 Å². The topological polar surface area (TPSA) is 66.0 Å². The molecule has 1 aliphatic heterocycles. The van der Waals surface area contributed by atoms with Gasteiger partial charge in [-0.3, -0.25) is 0 Å². The maximum absolute atomic E-state index is 4.47. The third-order valence-electron chi connectivity index (χ3n) is 4.42. The van der Waals surface area contributed by atoms with Crippen molar-refractivity contribution < 1.29 is 0 Å². The number of hydrogen-bond donors (Lipinski definition) is 2. The molecule has 25 heavy (non-hydrogen) atoms. The molecule has 2 N–H and O–H groups in total.